The summed E-state index contributed by atoms with van der Waals surface area (Å²) < 4.78 is 33.9. The molecular formula is C17H23ClN2O5S. The first kappa shape index (κ1) is 19.5. The van der Waals surface area contributed by atoms with Gasteiger partial charge in [-0.2, -0.15) is 4.31 Å². The lowest BCUT2D eigenvalue weighted by molar-refractivity contribution is -0.384. The van der Waals surface area contributed by atoms with Gasteiger partial charge in [0.15, 0.2) is 0 Å². The van der Waals surface area contributed by atoms with Crippen LogP contribution in [0.25, 0.3) is 0 Å². The minimum atomic E-state index is -3.76. The highest BCUT2D eigenvalue weighted by Crippen LogP contribution is 2.37. The Morgan fingerprint density at radius 3 is 2.35 bits per heavy atom. The number of nitro groups is 1. The van der Waals surface area contributed by atoms with Gasteiger partial charge in [0.05, 0.1) is 21.5 Å². The van der Waals surface area contributed by atoms with E-state index in [4.69, 9.17) is 16.3 Å². The number of halogens is 1. The van der Waals surface area contributed by atoms with Crippen molar-refractivity contribution in [3.63, 3.8) is 0 Å². The van der Waals surface area contributed by atoms with Crippen LogP contribution in [0.2, 0.25) is 0 Å². The highest BCUT2D eigenvalue weighted by atomic mass is 35.5. The normalized spacial score (nSPS) is 24.3. The average molecular weight is 403 g/mol. The van der Waals surface area contributed by atoms with Gasteiger partial charge in [-0.3, -0.25) is 10.1 Å². The summed E-state index contributed by atoms with van der Waals surface area (Å²) in [5.41, 5.74) is -0.618. The molecule has 0 bridgehead atoms. The van der Waals surface area contributed by atoms with Crippen LogP contribution < -0.4 is 0 Å². The predicted molar refractivity (Wildman–Crippen MR) is 97.9 cm³/mol. The van der Waals surface area contributed by atoms with E-state index < -0.39 is 20.5 Å². The zero-order valence-electron chi connectivity index (χ0n) is 14.5. The number of sulfonamides is 1. The Hall–Kier alpha value is -1.22. The van der Waals surface area contributed by atoms with Crippen molar-refractivity contribution in [3.8, 4) is 0 Å². The first-order chi connectivity index (χ1) is 12.4. The first-order valence-electron chi connectivity index (χ1n) is 8.85. The Bertz CT molecular complexity index is 745. The Morgan fingerprint density at radius 1 is 1.19 bits per heavy atom. The molecular weight excluding hydrogens is 380 g/mol. The van der Waals surface area contributed by atoms with Gasteiger partial charge in [-0.15, -0.1) is 11.6 Å². The summed E-state index contributed by atoms with van der Waals surface area (Å²) in [7, 11) is -3.76. The van der Waals surface area contributed by atoms with Crippen molar-refractivity contribution < 1.29 is 18.1 Å². The Morgan fingerprint density at radius 2 is 1.81 bits per heavy atom. The van der Waals surface area contributed by atoms with Crippen molar-refractivity contribution in [2.75, 3.05) is 19.0 Å². The van der Waals surface area contributed by atoms with Crippen LogP contribution in [0.4, 0.5) is 5.69 Å². The van der Waals surface area contributed by atoms with Crippen LogP contribution in [-0.2, 0) is 14.8 Å². The summed E-state index contributed by atoms with van der Waals surface area (Å²) in [6, 6.07) is 5.01. The Balaban J connectivity index is 1.88. The van der Waals surface area contributed by atoms with Crippen LogP contribution in [0.5, 0.6) is 0 Å². The van der Waals surface area contributed by atoms with Gasteiger partial charge in [0.2, 0.25) is 10.0 Å². The minimum Gasteiger partial charge on any atom is -0.368 e. The van der Waals surface area contributed by atoms with Crippen LogP contribution in [0.15, 0.2) is 29.2 Å². The number of benzene rings is 1. The van der Waals surface area contributed by atoms with Crippen molar-refractivity contribution in [2.45, 2.75) is 55.1 Å². The fourth-order valence-corrected chi connectivity index (χ4v) is 5.55. The number of hydrogen-bond acceptors (Lipinski definition) is 5. The lowest BCUT2D eigenvalue weighted by atomic mass is 9.92. The number of rotatable bonds is 4. The molecule has 7 nitrogen and oxygen atoms in total. The molecule has 144 valence electrons. The van der Waals surface area contributed by atoms with Crippen molar-refractivity contribution in [1.29, 1.82) is 0 Å². The summed E-state index contributed by atoms with van der Waals surface area (Å²) in [4.78, 5) is 10.3. The molecule has 1 heterocycles. The molecule has 1 aromatic rings. The molecule has 26 heavy (non-hydrogen) atoms. The van der Waals surface area contributed by atoms with E-state index >= 15 is 0 Å². The third-order valence-electron chi connectivity index (χ3n) is 5.16. The van der Waals surface area contributed by atoms with Gasteiger partial charge in [0.25, 0.3) is 5.69 Å². The third-order valence-corrected chi connectivity index (χ3v) is 7.33. The van der Waals surface area contributed by atoms with Gasteiger partial charge in [-0.1, -0.05) is 25.7 Å². The van der Waals surface area contributed by atoms with Crippen LogP contribution in [0, 0.1) is 10.1 Å². The van der Waals surface area contributed by atoms with Gasteiger partial charge >= 0.3 is 0 Å². The maximum absolute atomic E-state index is 13.1. The highest BCUT2D eigenvalue weighted by Gasteiger charge is 2.44. The van der Waals surface area contributed by atoms with Crippen molar-refractivity contribution in [1.82, 2.24) is 4.31 Å². The van der Waals surface area contributed by atoms with E-state index in [0.717, 1.165) is 38.5 Å². The van der Waals surface area contributed by atoms with Gasteiger partial charge in [0.1, 0.15) is 0 Å². The molecule has 0 aromatic heterocycles. The van der Waals surface area contributed by atoms with Crippen LogP contribution in [0.1, 0.15) is 38.5 Å². The van der Waals surface area contributed by atoms with E-state index in [9.17, 15) is 18.5 Å². The van der Waals surface area contributed by atoms with Gasteiger partial charge in [0, 0.05) is 31.1 Å². The molecule has 0 amide bonds. The number of nitro benzene ring substituents is 1. The number of hydrogen-bond donors (Lipinski definition) is 0. The second-order valence-electron chi connectivity index (χ2n) is 7.04. The fraction of sp³-hybridized carbons (Fsp3) is 0.647. The summed E-state index contributed by atoms with van der Waals surface area (Å²) >= 11 is 6.02. The molecule has 1 aromatic carbocycles. The molecule has 1 aliphatic heterocycles. The number of ether oxygens (including phenoxy) is 1. The SMILES string of the molecule is O=[N+]([O-])c1ccc(S(=O)(=O)N2C[C@H](CCl)OC3(CCCCCC3)C2)cc1. The van der Waals surface area contributed by atoms with Gasteiger partial charge < -0.3 is 4.74 Å². The van der Waals surface area contributed by atoms with Crippen molar-refractivity contribution >= 4 is 27.3 Å². The van der Waals surface area contributed by atoms with Gasteiger partial charge in [-0.25, -0.2) is 8.42 Å². The fourth-order valence-electron chi connectivity index (χ4n) is 3.84. The summed E-state index contributed by atoms with van der Waals surface area (Å²) in [6.07, 6.45) is 5.59. The molecule has 2 aliphatic rings. The molecule has 1 aliphatic carbocycles. The topological polar surface area (TPSA) is 89.8 Å². The van der Waals surface area contributed by atoms with E-state index in [1.54, 1.807) is 0 Å². The molecule has 1 atom stereocenters. The summed E-state index contributed by atoms with van der Waals surface area (Å²) in [5.74, 6) is 0.230. The predicted octanol–water partition coefficient (Wildman–Crippen LogP) is 3.32. The number of non-ortho nitro benzene ring substituents is 1. The zero-order valence-corrected chi connectivity index (χ0v) is 16.0. The van der Waals surface area contributed by atoms with Crippen LogP contribution in [0.3, 0.4) is 0 Å². The van der Waals surface area contributed by atoms with Crippen LogP contribution in [-0.4, -0.2) is 48.3 Å². The lowest BCUT2D eigenvalue weighted by Crippen LogP contribution is -2.57. The number of nitrogens with zero attached hydrogens (tertiary/aromatic N) is 2. The molecule has 1 saturated carbocycles. The standard InChI is InChI=1S/C17H23ClN2O5S/c18-11-15-12-19(13-17(25-15)9-3-1-2-4-10-17)26(23,24)16-7-5-14(6-8-16)20(21)22/h5-8,15H,1-4,9-13H2/t15-/m0/s1. The van der Waals surface area contributed by atoms with E-state index in [1.807, 2.05) is 0 Å². The smallest absolute Gasteiger partial charge is 0.269 e. The largest absolute Gasteiger partial charge is 0.368 e. The molecule has 3 rings (SSSR count). The van der Waals surface area contributed by atoms with Gasteiger partial charge in [-0.05, 0) is 25.0 Å². The average Bonchev–Trinajstić information content (AvgIpc) is 2.86. The van der Waals surface area contributed by atoms with Crippen molar-refractivity contribution in [2.24, 2.45) is 0 Å². The second-order valence-corrected chi connectivity index (χ2v) is 9.29. The molecule has 2 fully saturated rings. The number of morpholine rings is 1. The molecule has 0 unspecified atom stereocenters. The van der Waals surface area contributed by atoms with E-state index in [1.165, 1.54) is 28.6 Å². The molecule has 1 saturated heterocycles. The quantitative estimate of drug-likeness (QED) is 0.437. The lowest BCUT2D eigenvalue weighted by Gasteiger charge is -2.45. The van der Waals surface area contributed by atoms with Crippen LogP contribution >= 0.6 is 11.6 Å². The first-order valence-corrected chi connectivity index (χ1v) is 10.8. The Labute approximate surface area is 158 Å². The maximum Gasteiger partial charge on any atom is 0.269 e. The minimum absolute atomic E-state index is 0.0575. The highest BCUT2D eigenvalue weighted by molar-refractivity contribution is 7.89. The maximum atomic E-state index is 13.1. The summed E-state index contributed by atoms with van der Waals surface area (Å²) in [6.45, 7) is 0.504. The Kier molecular flexibility index (Phi) is 5.86. The van der Waals surface area contributed by atoms with E-state index in [-0.39, 0.29) is 29.1 Å². The molecule has 1 spiro atoms. The molecule has 0 N–H and O–H groups in total. The van der Waals surface area contributed by atoms with E-state index in [2.05, 4.69) is 0 Å². The zero-order chi connectivity index (χ0) is 18.8. The molecule has 0 radical (unpaired) electrons. The third kappa shape index (κ3) is 4.03. The number of alkyl halides is 1. The monoisotopic (exact) mass is 402 g/mol. The summed E-state index contributed by atoms with van der Waals surface area (Å²) in [5, 5.41) is 10.8. The second kappa shape index (κ2) is 7.80. The molecule has 9 heteroatoms. The van der Waals surface area contributed by atoms with Crippen molar-refractivity contribution in [3.05, 3.63) is 34.4 Å². The van der Waals surface area contributed by atoms with E-state index in [0.29, 0.717) is 6.54 Å².